The van der Waals surface area contributed by atoms with E-state index in [1.165, 1.54) is 30.9 Å². The van der Waals surface area contributed by atoms with Gasteiger partial charge in [0.05, 0.1) is 11.4 Å². The maximum Gasteiger partial charge on any atom is 0.252 e. The number of hydrogen-bond acceptors (Lipinski definition) is 4. The van der Waals surface area contributed by atoms with Crippen molar-refractivity contribution in [1.29, 1.82) is 0 Å². The first-order valence-electron chi connectivity index (χ1n) is 9.72. The van der Waals surface area contributed by atoms with Gasteiger partial charge in [0, 0.05) is 11.6 Å². The molecular weight excluding hydrogens is 348 g/mol. The summed E-state index contributed by atoms with van der Waals surface area (Å²) in [4.78, 5) is 19.1. The lowest BCUT2D eigenvalue weighted by Crippen LogP contribution is -2.11. The highest BCUT2D eigenvalue weighted by Gasteiger charge is 2.04. The quantitative estimate of drug-likeness (QED) is 0.331. The van der Waals surface area contributed by atoms with Crippen molar-refractivity contribution in [3.05, 3.63) is 82.1 Å². The zero-order valence-corrected chi connectivity index (χ0v) is 16.4. The van der Waals surface area contributed by atoms with E-state index in [9.17, 15) is 4.79 Å². The van der Waals surface area contributed by atoms with E-state index in [4.69, 9.17) is 0 Å². The minimum Gasteiger partial charge on any atom is -0.291 e. The van der Waals surface area contributed by atoms with Crippen molar-refractivity contribution in [1.82, 2.24) is 9.97 Å². The second kappa shape index (κ2) is 9.65. The third-order valence-corrected chi connectivity index (χ3v) is 4.58. The third-order valence-electron chi connectivity index (χ3n) is 4.58. The van der Waals surface area contributed by atoms with Gasteiger partial charge in [0.25, 0.3) is 5.56 Å². The number of aromatic amines is 1. The van der Waals surface area contributed by atoms with Gasteiger partial charge in [0.15, 0.2) is 0 Å². The topological polar surface area (TPSA) is 70.1 Å². The van der Waals surface area contributed by atoms with Crippen LogP contribution in [0.15, 0.2) is 70.6 Å². The molecule has 0 aliphatic heterocycles. The fourth-order valence-electron chi connectivity index (χ4n) is 2.96. The summed E-state index contributed by atoms with van der Waals surface area (Å²) in [6.45, 7) is 4.14. The van der Waals surface area contributed by atoms with Crippen LogP contribution in [-0.2, 0) is 6.42 Å². The van der Waals surface area contributed by atoms with Crippen LogP contribution in [0.25, 0.3) is 11.3 Å². The predicted octanol–water partition coefficient (Wildman–Crippen LogP) is 5.01. The highest BCUT2D eigenvalue weighted by Crippen LogP contribution is 2.15. The van der Waals surface area contributed by atoms with Crippen molar-refractivity contribution in [3.8, 4) is 11.3 Å². The van der Waals surface area contributed by atoms with Crippen LogP contribution in [0.1, 0.15) is 44.2 Å². The van der Waals surface area contributed by atoms with E-state index >= 15 is 0 Å². The van der Waals surface area contributed by atoms with Gasteiger partial charge in [-0.15, -0.1) is 0 Å². The Bertz CT molecular complexity index is 975. The van der Waals surface area contributed by atoms with Crippen molar-refractivity contribution in [2.24, 2.45) is 5.10 Å². The molecule has 0 aliphatic rings. The van der Waals surface area contributed by atoms with Crippen LogP contribution in [0.5, 0.6) is 0 Å². The Balaban J connectivity index is 1.71. The summed E-state index contributed by atoms with van der Waals surface area (Å²) in [6.07, 6.45) is 4.83. The molecule has 144 valence electrons. The number of nitrogens with one attached hydrogen (secondary N) is 2. The molecule has 28 heavy (non-hydrogen) atoms. The summed E-state index contributed by atoms with van der Waals surface area (Å²) >= 11 is 0. The molecule has 2 aromatic carbocycles. The summed E-state index contributed by atoms with van der Waals surface area (Å²) in [6, 6.07) is 19.5. The van der Waals surface area contributed by atoms with Gasteiger partial charge in [0.2, 0.25) is 5.95 Å². The smallest absolute Gasteiger partial charge is 0.252 e. The standard InChI is InChI=1S/C23H26N4O/c1-3-4-6-9-18-12-14-19(15-13-18)17(2)26-27-23-24-21(16-22(28)25-23)20-10-7-5-8-11-20/h5,7-8,10-16H,3-4,6,9H2,1-2H3,(H2,24,25,27,28)/b26-17-. The molecule has 0 fully saturated rings. The lowest BCUT2D eigenvalue weighted by molar-refractivity contribution is 0.717. The molecule has 3 aromatic rings. The Morgan fingerprint density at radius 2 is 1.82 bits per heavy atom. The normalized spacial score (nSPS) is 11.4. The van der Waals surface area contributed by atoms with Crippen LogP contribution in [0.3, 0.4) is 0 Å². The zero-order chi connectivity index (χ0) is 19.8. The number of hydrogen-bond donors (Lipinski definition) is 2. The van der Waals surface area contributed by atoms with Gasteiger partial charge in [-0.3, -0.25) is 9.78 Å². The maximum atomic E-state index is 12.0. The van der Waals surface area contributed by atoms with E-state index in [0.29, 0.717) is 11.6 Å². The van der Waals surface area contributed by atoms with Crippen LogP contribution in [0.4, 0.5) is 5.95 Å². The average molecular weight is 374 g/mol. The van der Waals surface area contributed by atoms with Crippen LogP contribution < -0.4 is 11.0 Å². The summed E-state index contributed by atoms with van der Waals surface area (Å²) in [5.41, 5.74) is 7.35. The van der Waals surface area contributed by atoms with Crippen LogP contribution in [0, 0.1) is 0 Å². The Kier molecular flexibility index (Phi) is 6.73. The number of rotatable bonds is 8. The zero-order valence-electron chi connectivity index (χ0n) is 16.4. The van der Waals surface area contributed by atoms with Crippen molar-refractivity contribution in [3.63, 3.8) is 0 Å². The SMILES string of the molecule is CCCCCc1ccc(/C(C)=N\Nc2nc(-c3ccccc3)cc(=O)[nH]2)cc1. The third kappa shape index (κ3) is 5.39. The van der Waals surface area contributed by atoms with E-state index in [1.54, 1.807) is 0 Å². The van der Waals surface area contributed by atoms with Crippen molar-refractivity contribution < 1.29 is 0 Å². The highest BCUT2D eigenvalue weighted by atomic mass is 16.1. The molecule has 5 nitrogen and oxygen atoms in total. The monoisotopic (exact) mass is 374 g/mol. The number of unbranched alkanes of at least 4 members (excludes halogenated alkanes) is 2. The number of benzene rings is 2. The van der Waals surface area contributed by atoms with Gasteiger partial charge >= 0.3 is 0 Å². The average Bonchev–Trinajstić information content (AvgIpc) is 2.73. The lowest BCUT2D eigenvalue weighted by Gasteiger charge is -2.06. The molecule has 0 atom stereocenters. The van der Waals surface area contributed by atoms with E-state index < -0.39 is 0 Å². The Labute approximate surface area is 165 Å². The number of aromatic nitrogens is 2. The largest absolute Gasteiger partial charge is 0.291 e. The molecular formula is C23H26N4O. The van der Waals surface area contributed by atoms with E-state index in [-0.39, 0.29) is 5.56 Å². The molecule has 0 amide bonds. The van der Waals surface area contributed by atoms with Crippen molar-refractivity contribution in [2.75, 3.05) is 5.43 Å². The van der Waals surface area contributed by atoms with E-state index in [0.717, 1.165) is 23.3 Å². The molecule has 0 spiro atoms. The first-order valence-corrected chi connectivity index (χ1v) is 9.72. The van der Waals surface area contributed by atoms with Crippen molar-refractivity contribution in [2.45, 2.75) is 39.5 Å². The number of anilines is 1. The van der Waals surface area contributed by atoms with Gasteiger partial charge in [0.1, 0.15) is 0 Å². The summed E-state index contributed by atoms with van der Waals surface area (Å²) < 4.78 is 0. The van der Waals surface area contributed by atoms with E-state index in [2.05, 4.69) is 51.7 Å². The van der Waals surface area contributed by atoms with Crippen molar-refractivity contribution >= 4 is 11.7 Å². The van der Waals surface area contributed by atoms with Gasteiger partial charge in [-0.1, -0.05) is 74.4 Å². The molecule has 3 rings (SSSR count). The molecule has 0 saturated heterocycles. The van der Waals surface area contributed by atoms with E-state index in [1.807, 2.05) is 37.3 Å². The second-order valence-corrected chi connectivity index (χ2v) is 6.81. The summed E-state index contributed by atoms with van der Waals surface area (Å²) in [5, 5.41) is 4.38. The molecule has 0 bridgehead atoms. The lowest BCUT2D eigenvalue weighted by atomic mass is 10.0. The molecule has 0 radical (unpaired) electrons. The number of nitrogens with zero attached hydrogens (tertiary/aromatic N) is 2. The number of H-pyrrole nitrogens is 1. The summed E-state index contributed by atoms with van der Waals surface area (Å²) in [7, 11) is 0. The Morgan fingerprint density at radius 3 is 2.54 bits per heavy atom. The highest BCUT2D eigenvalue weighted by molar-refractivity contribution is 5.99. The van der Waals surface area contributed by atoms with Crippen LogP contribution in [-0.4, -0.2) is 15.7 Å². The van der Waals surface area contributed by atoms with Gasteiger partial charge in [-0.25, -0.2) is 10.4 Å². The Hall–Kier alpha value is -3.21. The Morgan fingerprint density at radius 1 is 1.07 bits per heavy atom. The van der Waals surface area contributed by atoms with Gasteiger partial charge in [-0.2, -0.15) is 5.10 Å². The maximum absolute atomic E-state index is 12.0. The van der Waals surface area contributed by atoms with Gasteiger partial charge < -0.3 is 0 Å². The number of hydrazone groups is 1. The first-order chi connectivity index (χ1) is 13.7. The second-order valence-electron chi connectivity index (χ2n) is 6.81. The molecule has 1 heterocycles. The van der Waals surface area contributed by atoms with Crippen LogP contribution >= 0.6 is 0 Å². The van der Waals surface area contributed by atoms with Gasteiger partial charge in [-0.05, 0) is 30.9 Å². The van der Waals surface area contributed by atoms with Crippen LogP contribution in [0.2, 0.25) is 0 Å². The molecule has 2 N–H and O–H groups in total. The minimum absolute atomic E-state index is 0.222. The predicted molar refractivity (Wildman–Crippen MR) is 116 cm³/mol. The first kappa shape index (κ1) is 19.5. The molecule has 1 aromatic heterocycles. The fraction of sp³-hybridized carbons (Fsp3) is 0.261. The minimum atomic E-state index is -0.222. The molecule has 5 heteroatoms. The number of aryl methyl sites for hydroxylation is 1. The molecule has 0 unspecified atom stereocenters. The fourth-order valence-corrected chi connectivity index (χ4v) is 2.96. The molecule has 0 aliphatic carbocycles. The summed E-state index contributed by atoms with van der Waals surface area (Å²) in [5.74, 6) is 0.321. The molecule has 0 saturated carbocycles.